The summed E-state index contributed by atoms with van der Waals surface area (Å²) in [6.45, 7) is 1.54. The molecule has 8 heteroatoms. The minimum Gasteiger partial charge on any atom is -0.351 e. The van der Waals surface area contributed by atoms with Gasteiger partial charge in [-0.25, -0.2) is 13.4 Å². The van der Waals surface area contributed by atoms with Crippen LogP contribution in [0.3, 0.4) is 0 Å². The molecule has 128 valence electrons. The number of hydrogen-bond acceptors (Lipinski definition) is 5. The third-order valence-electron chi connectivity index (χ3n) is 4.03. The van der Waals surface area contributed by atoms with Crippen LogP contribution in [0.15, 0.2) is 43.0 Å². The third-order valence-corrected chi connectivity index (χ3v) is 5.64. The summed E-state index contributed by atoms with van der Waals surface area (Å²) in [4.78, 5) is 17.9. The number of aromatic nitrogens is 2. The number of rotatable bonds is 5. The molecule has 1 aliphatic rings. The highest BCUT2D eigenvalue weighted by Gasteiger charge is 2.22. The van der Waals surface area contributed by atoms with E-state index in [4.69, 9.17) is 0 Å². The van der Waals surface area contributed by atoms with Crippen LogP contribution in [0.5, 0.6) is 0 Å². The Hall–Kier alpha value is -2.19. The molecule has 0 aliphatic carbocycles. The first kappa shape index (κ1) is 16.7. The Morgan fingerprint density at radius 3 is 2.50 bits per heavy atom. The van der Waals surface area contributed by atoms with E-state index in [0.29, 0.717) is 19.6 Å². The number of benzene rings is 1. The second-order valence-corrected chi connectivity index (χ2v) is 8.14. The van der Waals surface area contributed by atoms with Gasteiger partial charge in [0, 0.05) is 37.7 Å². The van der Waals surface area contributed by atoms with E-state index in [2.05, 4.69) is 10.3 Å². The maximum atomic E-state index is 12.0. The molecule has 3 rings (SSSR count). The zero-order chi connectivity index (χ0) is 17.0. The van der Waals surface area contributed by atoms with Gasteiger partial charge in [-0.15, -0.1) is 0 Å². The molecule has 1 aromatic carbocycles. The van der Waals surface area contributed by atoms with Gasteiger partial charge >= 0.3 is 0 Å². The van der Waals surface area contributed by atoms with Gasteiger partial charge < -0.3 is 9.88 Å². The quantitative estimate of drug-likeness (QED) is 0.836. The Morgan fingerprint density at radius 2 is 1.88 bits per heavy atom. The van der Waals surface area contributed by atoms with E-state index in [1.54, 1.807) is 12.5 Å². The number of carbonyl (C=O) groups is 1. The highest BCUT2D eigenvalue weighted by Crippen LogP contribution is 2.09. The average molecular weight is 348 g/mol. The Kier molecular flexibility index (Phi) is 4.96. The Bertz CT molecular complexity index is 771. The van der Waals surface area contributed by atoms with Crippen LogP contribution >= 0.6 is 0 Å². The van der Waals surface area contributed by atoms with E-state index in [9.17, 15) is 13.2 Å². The van der Waals surface area contributed by atoms with Gasteiger partial charge in [0.1, 0.15) is 0 Å². The fourth-order valence-electron chi connectivity index (χ4n) is 2.57. The molecule has 24 heavy (non-hydrogen) atoms. The predicted octanol–water partition coefficient (Wildman–Crippen LogP) is 0.219. The van der Waals surface area contributed by atoms with Gasteiger partial charge in [0.2, 0.25) is 5.91 Å². The van der Waals surface area contributed by atoms with Crippen molar-refractivity contribution in [2.45, 2.75) is 6.54 Å². The number of nitrogens with one attached hydrogen (secondary N) is 1. The Labute approximate surface area is 141 Å². The third kappa shape index (κ3) is 4.42. The van der Waals surface area contributed by atoms with Crippen molar-refractivity contribution >= 4 is 15.7 Å². The van der Waals surface area contributed by atoms with Crippen molar-refractivity contribution in [3.63, 3.8) is 0 Å². The van der Waals surface area contributed by atoms with Crippen LogP contribution < -0.4 is 5.32 Å². The molecule has 1 N–H and O–H groups in total. The van der Waals surface area contributed by atoms with Crippen LogP contribution in [0.25, 0.3) is 5.69 Å². The largest absolute Gasteiger partial charge is 0.351 e. The summed E-state index contributed by atoms with van der Waals surface area (Å²) in [5, 5.41) is 2.87. The minimum atomic E-state index is -2.91. The number of hydrogen-bond donors (Lipinski definition) is 1. The van der Waals surface area contributed by atoms with Gasteiger partial charge in [-0.3, -0.25) is 9.69 Å². The van der Waals surface area contributed by atoms with Crippen LogP contribution in [0.1, 0.15) is 5.56 Å². The molecule has 1 fully saturated rings. The van der Waals surface area contributed by atoms with Crippen molar-refractivity contribution in [3.8, 4) is 5.69 Å². The summed E-state index contributed by atoms with van der Waals surface area (Å²) in [6.07, 6.45) is 5.32. The van der Waals surface area contributed by atoms with E-state index in [-0.39, 0.29) is 24.0 Å². The number of carbonyl (C=O) groups excluding carboxylic acids is 1. The molecule has 1 amide bonds. The summed E-state index contributed by atoms with van der Waals surface area (Å²) >= 11 is 0. The van der Waals surface area contributed by atoms with Gasteiger partial charge in [-0.2, -0.15) is 0 Å². The van der Waals surface area contributed by atoms with Crippen molar-refractivity contribution in [2.24, 2.45) is 0 Å². The van der Waals surface area contributed by atoms with Crippen molar-refractivity contribution in [1.82, 2.24) is 19.8 Å². The van der Waals surface area contributed by atoms with Crippen LogP contribution in [-0.4, -0.2) is 59.9 Å². The van der Waals surface area contributed by atoms with E-state index < -0.39 is 9.84 Å². The molecule has 0 saturated carbocycles. The second kappa shape index (κ2) is 7.14. The van der Waals surface area contributed by atoms with Crippen molar-refractivity contribution in [3.05, 3.63) is 48.5 Å². The van der Waals surface area contributed by atoms with Crippen molar-refractivity contribution in [2.75, 3.05) is 31.1 Å². The standard InChI is InChI=1S/C16H20N4O3S/c21-16(12-19-7-9-24(22,23)10-8-19)18-11-14-1-3-15(4-2-14)20-6-5-17-13-20/h1-6,13H,7-12H2,(H,18,21). The summed E-state index contributed by atoms with van der Waals surface area (Å²) < 4.78 is 24.7. The van der Waals surface area contributed by atoms with E-state index >= 15 is 0 Å². The molecule has 0 spiro atoms. The van der Waals surface area contributed by atoms with Crippen LogP contribution in [0.4, 0.5) is 0 Å². The highest BCUT2D eigenvalue weighted by atomic mass is 32.2. The SMILES string of the molecule is O=C(CN1CCS(=O)(=O)CC1)NCc1ccc(-n2ccnc2)cc1. The molecule has 1 aromatic heterocycles. The van der Waals surface area contributed by atoms with Crippen LogP contribution in [0, 0.1) is 0 Å². The number of imidazole rings is 1. The molecule has 2 heterocycles. The van der Waals surface area contributed by atoms with E-state index in [1.807, 2.05) is 39.9 Å². The maximum Gasteiger partial charge on any atom is 0.234 e. The molecular weight excluding hydrogens is 328 g/mol. The summed E-state index contributed by atoms with van der Waals surface area (Å²) in [7, 11) is -2.91. The minimum absolute atomic E-state index is 0.0898. The first-order valence-corrected chi connectivity index (χ1v) is 9.61. The molecule has 1 aliphatic heterocycles. The van der Waals surface area contributed by atoms with Gasteiger partial charge in [0.05, 0.1) is 24.4 Å². The highest BCUT2D eigenvalue weighted by molar-refractivity contribution is 7.91. The van der Waals surface area contributed by atoms with Crippen molar-refractivity contribution in [1.29, 1.82) is 0 Å². The van der Waals surface area contributed by atoms with Gasteiger partial charge in [-0.05, 0) is 17.7 Å². The second-order valence-electron chi connectivity index (χ2n) is 5.84. The molecule has 1 saturated heterocycles. The molecule has 0 bridgehead atoms. The van der Waals surface area contributed by atoms with Gasteiger partial charge in [-0.1, -0.05) is 12.1 Å². The lowest BCUT2D eigenvalue weighted by molar-refractivity contribution is -0.122. The summed E-state index contributed by atoms with van der Waals surface area (Å²) in [5.41, 5.74) is 2.02. The fourth-order valence-corrected chi connectivity index (χ4v) is 3.84. The zero-order valence-corrected chi connectivity index (χ0v) is 14.1. The molecule has 0 unspecified atom stereocenters. The predicted molar refractivity (Wildman–Crippen MR) is 90.5 cm³/mol. The van der Waals surface area contributed by atoms with Gasteiger partial charge in [0.25, 0.3) is 0 Å². The number of sulfone groups is 1. The van der Waals surface area contributed by atoms with Crippen LogP contribution in [0.2, 0.25) is 0 Å². The van der Waals surface area contributed by atoms with Gasteiger partial charge in [0.15, 0.2) is 9.84 Å². The lowest BCUT2D eigenvalue weighted by Gasteiger charge is -2.25. The monoisotopic (exact) mass is 348 g/mol. The number of nitrogens with zero attached hydrogens (tertiary/aromatic N) is 3. The molecule has 2 aromatic rings. The smallest absolute Gasteiger partial charge is 0.234 e. The van der Waals surface area contributed by atoms with E-state index in [0.717, 1.165) is 11.3 Å². The summed E-state index contributed by atoms with van der Waals surface area (Å²) in [6, 6.07) is 7.86. The molecule has 7 nitrogen and oxygen atoms in total. The van der Waals surface area contributed by atoms with E-state index in [1.165, 1.54) is 0 Å². The first-order chi connectivity index (χ1) is 11.5. The first-order valence-electron chi connectivity index (χ1n) is 7.79. The zero-order valence-electron chi connectivity index (χ0n) is 13.3. The Balaban J connectivity index is 1.46. The lowest BCUT2D eigenvalue weighted by atomic mass is 10.2. The average Bonchev–Trinajstić information content (AvgIpc) is 3.10. The maximum absolute atomic E-state index is 12.0. The molecule has 0 atom stereocenters. The topological polar surface area (TPSA) is 84.3 Å². The van der Waals surface area contributed by atoms with Crippen LogP contribution in [-0.2, 0) is 21.2 Å². The lowest BCUT2D eigenvalue weighted by Crippen LogP contribution is -2.45. The number of amides is 1. The Morgan fingerprint density at radius 1 is 1.17 bits per heavy atom. The van der Waals surface area contributed by atoms with Crippen molar-refractivity contribution < 1.29 is 13.2 Å². The fraction of sp³-hybridized carbons (Fsp3) is 0.375. The molecule has 0 radical (unpaired) electrons. The normalized spacial score (nSPS) is 17.5. The summed E-state index contributed by atoms with van der Waals surface area (Å²) in [5.74, 6) is 0.180. The molecular formula is C16H20N4O3S.